The first kappa shape index (κ1) is 22.3. The quantitative estimate of drug-likeness (QED) is 0.222. The number of rotatable bonds is 2. The Bertz CT molecular complexity index is 2520. The van der Waals surface area contributed by atoms with E-state index in [1.165, 1.54) is 12.1 Å². The smallest absolute Gasteiger partial charge is 0.227 e. The lowest BCUT2D eigenvalue weighted by Crippen LogP contribution is -1.99. The summed E-state index contributed by atoms with van der Waals surface area (Å²) < 4.78 is 29.1. The number of aryl methyl sites for hydroxylation is 1. The molecule has 0 unspecified atom stereocenters. The Morgan fingerprint density at radius 2 is 1.54 bits per heavy atom. The van der Waals surface area contributed by atoms with Gasteiger partial charge < -0.3 is 8.83 Å². The van der Waals surface area contributed by atoms with Gasteiger partial charge >= 0.3 is 0 Å². The molecule has 0 bridgehead atoms. The molecule has 0 amide bonds. The molecular formula is C35H20FN3O2. The fourth-order valence-corrected chi connectivity index (χ4v) is 6.14. The van der Waals surface area contributed by atoms with Crippen molar-refractivity contribution in [2.45, 2.75) is 6.92 Å². The van der Waals surface area contributed by atoms with Gasteiger partial charge in [0.1, 0.15) is 22.8 Å². The number of furan rings is 2. The van der Waals surface area contributed by atoms with Crippen LogP contribution in [0.4, 0.5) is 4.39 Å². The highest BCUT2D eigenvalue weighted by Crippen LogP contribution is 2.41. The van der Waals surface area contributed by atoms with E-state index in [-0.39, 0.29) is 5.82 Å². The predicted molar refractivity (Wildman–Crippen MR) is 161 cm³/mol. The minimum absolute atomic E-state index is 0.296. The van der Waals surface area contributed by atoms with Crippen molar-refractivity contribution in [1.29, 1.82) is 0 Å². The molecular weight excluding hydrogens is 513 g/mol. The lowest BCUT2D eigenvalue weighted by molar-refractivity contribution is 0.629. The Morgan fingerprint density at radius 3 is 2.49 bits per heavy atom. The van der Waals surface area contributed by atoms with Gasteiger partial charge in [0.2, 0.25) is 5.71 Å². The van der Waals surface area contributed by atoms with Crippen LogP contribution in [-0.2, 0) is 0 Å². The zero-order valence-electron chi connectivity index (χ0n) is 21.9. The Kier molecular flexibility index (Phi) is 4.37. The Labute approximate surface area is 232 Å². The van der Waals surface area contributed by atoms with Crippen molar-refractivity contribution in [3.8, 4) is 17.1 Å². The normalized spacial score (nSPS) is 12.1. The fraction of sp³-hybridized carbons (Fsp3) is 0.0286. The number of benzene rings is 5. The van der Waals surface area contributed by atoms with Gasteiger partial charge in [0.15, 0.2) is 5.58 Å². The zero-order chi connectivity index (χ0) is 27.2. The minimum Gasteiger partial charge on any atom is -0.454 e. The SMILES string of the molecule is Cc1ccc(-n2c(-c3cccc4c3oc3nc5ccc(F)cc5cc34)nc3ccccc32)c2oc3ccccc3c12. The number of hydrogen-bond donors (Lipinski definition) is 0. The van der Waals surface area contributed by atoms with E-state index in [4.69, 9.17) is 18.8 Å². The number of nitrogens with zero attached hydrogens (tertiary/aromatic N) is 3. The molecule has 4 heterocycles. The highest BCUT2D eigenvalue weighted by Gasteiger charge is 2.23. The van der Waals surface area contributed by atoms with Crippen LogP contribution < -0.4 is 0 Å². The van der Waals surface area contributed by atoms with Crippen LogP contribution in [-0.4, -0.2) is 14.5 Å². The van der Waals surface area contributed by atoms with E-state index in [0.29, 0.717) is 16.8 Å². The summed E-state index contributed by atoms with van der Waals surface area (Å²) in [7, 11) is 0. The first-order valence-electron chi connectivity index (χ1n) is 13.4. The first-order valence-corrected chi connectivity index (χ1v) is 13.4. The lowest BCUT2D eigenvalue weighted by Gasteiger charge is -2.11. The summed E-state index contributed by atoms with van der Waals surface area (Å²) in [6.45, 7) is 2.11. The average Bonchev–Trinajstić information content (AvgIpc) is 3.68. The molecule has 0 radical (unpaired) electrons. The molecule has 9 aromatic rings. The summed E-state index contributed by atoms with van der Waals surface area (Å²) in [5.41, 5.74) is 8.21. The third kappa shape index (κ3) is 3.10. The zero-order valence-corrected chi connectivity index (χ0v) is 21.9. The Hall–Kier alpha value is -5.49. The van der Waals surface area contributed by atoms with Gasteiger partial charge in [0, 0.05) is 26.9 Å². The van der Waals surface area contributed by atoms with E-state index < -0.39 is 0 Å². The van der Waals surface area contributed by atoms with E-state index in [2.05, 4.69) is 35.8 Å². The van der Waals surface area contributed by atoms with Crippen LogP contribution >= 0.6 is 0 Å². The maximum atomic E-state index is 14.0. The van der Waals surface area contributed by atoms with Crippen LogP contribution in [0.25, 0.3) is 83.0 Å². The number of hydrogen-bond acceptors (Lipinski definition) is 4. The molecule has 6 heteroatoms. The Balaban J connectivity index is 1.39. The summed E-state index contributed by atoms with van der Waals surface area (Å²) >= 11 is 0. The molecule has 0 N–H and O–H groups in total. The van der Waals surface area contributed by atoms with Crippen molar-refractivity contribution >= 4 is 65.9 Å². The highest BCUT2D eigenvalue weighted by molar-refractivity contribution is 6.12. The molecule has 0 fully saturated rings. The molecule has 4 aromatic heterocycles. The summed E-state index contributed by atoms with van der Waals surface area (Å²) in [4.78, 5) is 9.83. The largest absolute Gasteiger partial charge is 0.454 e. The third-order valence-corrected chi connectivity index (χ3v) is 8.00. The fourth-order valence-electron chi connectivity index (χ4n) is 6.14. The molecule has 0 spiro atoms. The number of imidazole rings is 1. The maximum absolute atomic E-state index is 14.0. The van der Waals surface area contributed by atoms with E-state index in [1.54, 1.807) is 6.07 Å². The van der Waals surface area contributed by atoms with Crippen LogP contribution in [0.3, 0.4) is 0 Å². The van der Waals surface area contributed by atoms with Crippen LogP contribution in [0.2, 0.25) is 0 Å². The molecule has 41 heavy (non-hydrogen) atoms. The second-order valence-corrected chi connectivity index (χ2v) is 10.4. The van der Waals surface area contributed by atoms with Crippen molar-refractivity contribution in [2.75, 3.05) is 0 Å². The van der Waals surface area contributed by atoms with Crippen molar-refractivity contribution in [1.82, 2.24) is 14.5 Å². The summed E-state index contributed by atoms with van der Waals surface area (Å²) in [5.74, 6) is 0.438. The number of aromatic nitrogens is 3. The maximum Gasteiger partial charge on any atom is 0.227 e. The topological polar surface area (TPSA) is 57.0 Å². The molecule has 5 nitrogen and oxygen atoms in total. The van der Waals surface area contributed by atoms with Gasteiger partial charge in [-0.05, 0) is 67.1 Å². The van der Waals surface area contributed by atoms with Gasteiger partial charge in [-0.25, -0.2) is 14.4 Å². The third-order valence-electron chi connectivity index (χ3n) is 8.00. The van der Waals surface area contributed by atoms with Crippen molar-refractivity contribution < 1.29 is 13.2 Å². The number of fused-ring (bicyclic) bond motifs is 8. The number of pyridine rings is 1. The standard InChI is InChI=1S/C35H20FN3O2/c1-19-13-16-29(33-31(19)23-7-2-5-12-30(23)40-33)39-28-11-4-3-10-27(28)37-34(39)24-9-6-8-22-25-18-20-17-21(36)14-15-26(20)38-35(25)41-32(22)24/h2-18H,1H3. The van der Waals surface area contributed by atoms with E-state index in [1.807, 2.05) is 60.7 Å². The lowest BCUT2D eigenvalue weighted by atomic mass is 10.1. The van der Waals surface area contributed by atoms with Gasteiger partial charge in [0.05, 0.1) is 27.8 Å². The molecule has 0 saturated carbocycles. The summed E-state index contributed by atoms with van der Waals surface area (Å²) in [6.07, 6.45) is 0. The second-order valence-electron chi connectivity index (χ2n) is 10.4. The molecule has 9 rings (SSSR count). The number of halogens is 1. The second kappa shape index (κ2) is 8.02. The van der Waals surface area contributed by atoms with E-state index in [0.717, 1.165) is 71.8 Å². The summed E-state index contributed by atoms with van der Waals surface area (Å²) in [6, 6.07) is 33.0. The van der Waals surface area contributed by atoms with Crippen molar-refractivity contribution in [3.05, 3.63) is 115 Å². The van der Waals surface area contributed by atoms with Gasteiger partial charge in [-0.15, -0.1) is 0 Å². The molecule has 0 atom stereocenters. The first-order chi connectivity index (χ1) is 20.1. The van der Waals surface area contributed by atoms with Gasteiger partial charge in [0.25, 0.3) is 0 Å². The average molecular weight is 534 g/mol. The van der Waals surface area contributed by atoms with Gasteiger partial charge in [-0.1, -0.05) is 48.5 Å². The Morgan fingerprint density at radius 1 is 0.683 bits per heavy atom. The number of para-hydroxylation sites is 4. The monoisotopic (exact) mass is 533 g/mol. The molecule has 0 aliphatic carbocycles. The highest BCUT2D eigenvalue weighted by atomic mass is 19.1. The van der Waals surface area contributed by atoms with Crippen molar-refractivity contribution in [3.63, 3.8) is 0 Å². The molecule has 5 aromatic carbocycles. The van der Waals surface area contributed by atoms with E-state index in [9.17, 15) is 4.39 Å². The molecule has 0 aliphatic rings. The van der Waals surface area contributed by atoms with Crippen LogP contribution in [0, 0.1) is 12.7 Å². The van der Waals surface area contributed by atoms with Crippen molar-refractivity contribution in [2.24, 2.45) is 0 Å². The minimum atomic E-state index is -0.296. The molecule has 0 saturated heterocycles. The van der Waals surface area contributed by atoms with Crippen LogP contribution in [0.5, 0.6) is 0 Å². The van der Waals surface area contributed by atoms with Crippen LogP contribution in [0.15, 0.2) is 112 Å². The van der Waals surface area contributed by atoms with E-state index >= 15 is 0 Å². The molecule has 0 aliphatic heterocycles. The van der Waals surface area contributed by atoms with Gasteiger partial charge in [-0.2, -0.15) is 0 Å². The predicted octanol–water partition coefficient (Wildman–Crippen LogP) is 9.49. The van der Waals surface area contributed by atoms with Gasteiger partial charge in [-0.3, -0.25) is 4.57 Å². The summed E-state index contributed by atoms with van der Waals surface area (Å²) in [5, 5.41) is 4.63. The van der Waals surface area contributed by atoms with Crippen LogP contribution in [0.1, 0.15) is 5.56 Å². The molecule has 194 valence electrons.